The highest BCUT2D eigenvalue weighted by Gasteiger charge is 2.75. The van der Waals surface area contributed by atoms with Crippen LogP contribution in [0.25, 0.3) is 11.0 Å². The summed E-state index contributed by atoms with van der Waals surface area (Å²) in [7, 11) is 0. The van der Waals surface area contributed by atoms with Gasteiger partial charge in [-0.05, 0) is 48.9 Å². The van der Waals surface area contributed by atoms with E-state index in [1.165, 1.54) is 4.90 Å². The molecule has 7 atom stereocenters. The predicted octanol–water partition coefficient (Wildman–Crippen LogP) is 3.75. The number of aliphatic hydroxyl groups is 1. The number of amides is 3. The number of nitrogens with zero attached hydrogens (tertiary/aromatic N) is 5. The average molecular weight is 747 g/mol. The van der Waals surface area contributed by atoms with Gasteiger partial charge in [-0.3, -0.25) is 19.2 Å². The highest BCUT2D eigenvalue weighted by molar-refractivity contribution is 5.98. The van der Waals surface area contributed by atoms with E-state index in [0.29, 0.717) is 30.3 Å². The Morgan fingerprint density at radius 1 is 1.04 bits per heavy atom. The number of aromatic nitrogens is 3. The van der Waals surface area contributed by atoms with Gasteiger partial charge in [0.25, 0.3) is 0 Å². The number of esters is 1. The number of hydrogen-bond donors (Lipinski definition) is 2. The number of para-hydroxylation sites is 1. The molecule has 0 unspecified atom stereocenters. The number of fused-ring (bicyclic) bond motifs is 2. The molecule has 1 aromatic heterocycles. The molecular formula is C42H46N6O7. The molecule has 3 fully saturated rings. The fourth-order valence-electron chi connectivity index (χ4n) is 8.54. The Balaban J connectivity index is 1.23. The zero-order valence-electron chi connectivity index (χ0n) is 30.6. The average Bonchev–Trinajstić information content (AvgIpc) is 3.97. The summed E-state index contributed by atoms with van der Waals surface area (Å²) in [5.74, 6) is -3.79. The van der Waals surface area contributed by atoms with Gasteiger partial charge in [-0.1, -0.05) is 90.2 Å². The van der Waals surface area contributed by atoms with Gasteiger partial charge in [0.05, 0.1) is 42.6 Å². The number of likely N-dealkylation sites (tertiary alicyclic amines) is 1. The lowest BCUT2D eigenvalue weighted by Crippen LogP contribution is -2.59. The molecule has 3 aliphatic heterocycles. The van der Waals surface area contributed by atoms with E-state index in [1.807, 2.05) is 84.9 Å². The van der Waals surface area contributed by atoms with E-state index < -0.39 is 66.1 Å². The maximum absolute atomic E-state index is 15.1. The van der Waals surface area contributed by atoms with Crippen molar-refractivity contribution < 1.29 is 33.8 Å². The summed E-state index contributed by atoms with van der Waals surface area (Å²) in [5.41, 5.74) is 1.57. The van der Waals surface area contributed by atoms with Gasteiger partial charge < -0.3 is 29.7 Å². The molecule has 0 radical (unpaired) electrons. The van der Waals surface area contributed by atoms with E-state index in [4.69, 9.17) is 9.47 Å². The molecule has 4 heterocycles. The fraction of sp³-hybridized carbons (Fsp3) is 0.381. The number of hydrogen-bond acceptors (Lipinski definition) is 9. The Morgan fingerprint density at radius 3 is 2.49 bits per heavy atom. The fourth-order valence-corrected chi connectivity index (χ4v) is 8.54. The molecule has 4 aromatic rings. The van der Waals surface area contributed by atoms with Crippen molar-refractivity contribution >= 4 is 34.7 Å². The Labute approximate surface area is 319 Å². The Bertz CT molecular complexity index is 2040. The van der Waals surface area contributed by atoms with Gasteiger partial charge in [-0.2, -0.15) is 0 Å². The Morgan fingerprint density at radius 2 is 1.76 bits per heavy atom. The summed E-state index contributed by atoms with van der Waals surface area (Å²) < 4.78 is 14.5. The molecule has 55 heavy (non-hydrogen) atoms. The third-order valence-corrected chi connectivity index (χ3v) is 11.0. The van der Waals surface area contributed by atoms with Gasteiger partial charge in [0.1, 0.15) is 29.9 Å². The molecule has 3 aliphatic rings. The number of rotatable bonds is 17. The van der Waals surface area contributed by atoms with Crippen molar-refractivity contribution in [3.63, 3.8) is 0 Å². The minimum absolute atomic E-state index is 0.0132. The largest absolute Gasteiger partial charge is 0.455 e. The van der Waals surface area contributed by atoms with Gasteiger partial charge in [-0.15, -0.1) is 18.3 Å². The number of carbonyl (C=O) groups excluding carboxylic acids is 4. The van der Waals surface area contributed by atoms with Crippen LogP contribution < -0.4 is 5.32 Å². The van der Waals surface area contributed by atoms with E-state index >= 15 is 4.79 Å². The van der Waals surface area contributed by atoms with Crippen LogP contribution in [0, 0.1) is 11.8 Å². The van der Waals surface area contributed by atoms with E-state index in [2.05, 4.69) is 28.8 Å². The highest BCUT2D eigenvalue weighted by Crippen LogP contribution is 2.59. The third-order valence-electron chi connectivity index (χ3n) is 11.0. The van der Waals surface area contributed by atoms with Gasteiger partial charge in [0.2, 0.25) is 17.7 Å². The molecule has 286 valence electrons. The monoisotopic (exact) mass is 746 g/mol. The molecule has 1 spiro atoms. The minimum atomic E-state index is -1.36. The summed E-state index contributed by atoms with van der Waals surface area (Å²) in [6, 6.07) is 24.0. The summed E-state index contributed by atoms with van der Waals surface area (Å²) in [4.78, 5) is 60.1. The van der Waals surface area contributed by atoms with E-state index in [0.717, 1.165) is 11.1 Å². The summed E-state index contributed by atoms with van der Waals surface area (Å²) in [6.07, 6.45) is 3.54. The predicted molar refractivity (Wildman–Crippen MR) is 203 cm³/mol. The van der Waals surface area contributed by atoms with Gasteiger partial charge in [-0.25, -0.2) is 4.68 Å². The zero-order chi connectivity index (χ0) is 38.5. The summed E-state index contributed by atoms with van der Waals surface area (Å²) >= 11 is 0. The molecule has 7 rings (SSSR count). The molecular weight excluding hydrogens is 700 g/mol. The molecule has 2 N–H and O–H groups in total. The molecule has 3 amide bonds. The van der Waals surface area contributed by atoms with Crippen molar-refractivity contribution in [1.29, 1.82) is 0 Å². The van der Waals surface area contributed by atoms with Crippen molar-refractivity contribution in [3.8, 4) is 0 Å². The van der Waals surface area contributed by atoms with Gasteiger partial charge in [0, 0.05) is 13.0 Å². The maximum Gasteiger partial charge on any atom is 0.313 e. The van der Waals surface area contributed by atoms with Crippen LogP contribution in [0.2, 0.25) is 0 Å². The van der Waals surface area contributed by atoms with Gasteiger partial charge in [0.15, 0.2) is 0 Å². The van der Waals surface area contributed by atoms with Crippen molar-refractivity contribution in [2.75, 3.05) is 19.7 Å². The molecule has 3 saturated heterocycles. The highest BCUT2D eigenvalue weighted by atomic mass is 16.6. The first kappa shape index (κ1) is 37.6. The lowest BCUT2D eigenvalue weighted by atomic mass is 9.70. The van der Waals surface area contributed by atoms with Crippen molar-refractivity contribution in [1.82, 2.24) is 30.1 Å². The SMILES string of the molecule is C=CCCC(=O)NC[C@H](OC(=O)[C@@H]1[C@@H]2CC[C@]3(O2)[C@H](C(=O)N(CC=C)Cn2nnc4ccccc42)N([C@@H](CO)Cc2ccccc2)C(=O)[C@@H]13)c1ccccc1. The first-order valence-corrected chi connectivity index (χ1v) is 18.7. The number of allylic oxidation sites excluding steroid dienone is 1. The number of aliphatic hydroxyl groups excluding tert-OH is 1. The quantitative estimate of drug-likeness (QED) is 0.121. The van der Waals surface area contributed by atoms with Crippen LogP contribution in [-0.4, -0.2) is 97.1 Å². The molecule has 3 aromatic carbocycles. The zero-order valence-corrected chi connectivity index (χ0v) is 30.6. The second-order valence-electron chi connectivity index (χ2n) is 14.4. The van der Waals surface area contributed by atoms with Crippen LogP contribution in [0.1, 0.15) is 42.9 Å². The first-order valence-electron chi connectivity index (χ1n) is 18.7. The standard InChI is InChI=1S/C42H46N6O7/c1-3-5-20-35(50)43-25-34(29-16-10-7-11-17-29)54-41(53)36-33-21-22-42(55-33)37(36)39(51)48(30(26-49)24-28-14-8-6-9-15-28)38(42)40(52)46(23-4-2)27-47-32-19-13-12-18-31(32)44-45-47/h3-4,6-19,30,33-34,36-38,49H,1-2,5,20-27H2,(H,43,50)/t30-,33+,34+,36-,37-,38+,42-/m1/s1. The molecule has 13 nitrogen and oxygen atoms in total. The van der Waals surface area contributed by atoms with Crippen LogP contribution in [0.4, 0.5) is 0 Å². The van der Waals surface area contributed by atoms with E-state index in [-0.39, 0.29) is 38.5 Å². The van der Waals surface area contributed by atoms with Crippen LogP contribution in [0.5, 0.6) is 0 Å². The first-order chi connectivity index (χ1) is 26.8. The van der Waals surface area contributed by atoms with Crippen LogP contribution >= 0.6 is 0 Å². The molecule has 13 heteroatoms. The maximum atomic E-state index is 15.1. The van der Waals surface area contributed by atoms with E-state index in [9.17, 15) is 19.5 Å². The normalized spacial score (nSPS) is 23.6. The Kier molecular flexibility index (Phi) is 11.2. The summed E-state index contributed by atoms with van der Waals surface area (Å²) in [5, 5.41) is 22.3. The van der Waals surface area contributed by atoms with Crippen molar-refractivity contribution in [2.24, 2.45) is 11.8 Å². The number of carbonyl (C=O) groups is 4. The molecule has 2 bridgehead atoms. The third kappa shape index (κ3) is 7.29. The van der Waals surface area contributed by atoms with Crippen molar-refractivity contribution in [3.05, 3.63) is 121 Å². The van der Waals surface area contributed by atoms with Crippen LogP contribution in [0.3, 0.4) is 0 Å². The lowest BCUT2D eigenvalue weighted by molar-refractivity contribution is -0.161. The summed E-state index contributed by atoms with van der Waals surface area (Å²) in [6.45, 7) is 7.31. The number of benzene rings is 3. The van der Waals surface area contributed by atoms with Crippen LogP contribution in [0.15, 0.2) is 110 Å². The van der Waals surface area contributed by atoms with Crippen LogP contribution in [-0.2, 0) is 41.7 Å². The van der Waals surface area contributed by atoms with Crippen molar-refractivity contribution in [2.45, 2.75) is 68.7 Å². The minimum Gasteiger partial charge on any atom is -0.455 e. The lowest BCUT2D eigenvalue weighted by Gasteiger charge is -2.39. The number of nitrogens with one attached hydrogen (secondary N) is 1. The second kappa shape index (κ2) is 16.4. The second-order valence-corrected chi connectivity index (χ2v) is 14.4. The van der Waals surface area contributed by atoms with E-state index in [1.54, 1.807) is 21.7 Å². The van der Waals surface area contributed by atoms with Gasteiger partial charge >= 0.3 is 5.97 Å². The number of ether oxygens (including phenoxy) is 2. The smallest absolute Gasteiger partial charge is 0.313 e. The Hall–Kier alpha value is -5.66. The topological polar surface area (TPSA) is 156 Å². The molecule has 0 saturated carbocycles. The molecule has 0 aliphatic carbocycles.